The van der Waals surface area contributed by atoms with Crippen molar-refractivity contribution in [2.24, 2.45) is 5.92 Å². The van der Waals surface area contributed by atoms with Crippen LogP contribution in [0.15, 0.2) is 18.2 Å². The summed E-state index contributed by atoms with van der Waals surface area (Å²) in [6, 6.07) is 5.27. The fraction of sp³-hybridized carbons (Fsp3) is 0.571. The Labute approximate surface area is 114 Å². The lowest BCUT2D eigenvalue weighted by atomic mass is 9.98. The predicted molar refractivity (Wildman–Crippen MR) is 74.0 cm³/mol. The van der Waals surface area contributed by atoms with Crippen LogP contribution in [0.1, 0.15) is 24.5 Å². The maximum absolute atomic E-state index is 13.5. The summed E-state index contributed by atoms with van der Waals surface area (Å²) in [5.41, 5.74) is 1.59. The van der Waals surface area contributed by atoms with Crippen molar-refractivity contribution in [1.29, 1.82) is 0 Å². The van der Waals surface area contributed by atoms with Crippen LogP contribution in [0.4, 0.5) is 4.39 Å². The van der Waals surface area contributed by atoms with Crippen LogP contribution in [0.5, 0.6) is 0 Å². The monoisotopic (exact) mass is 285 g/mol. The van der Waals surface area contributed by atoms with Crippen molar-refractivity contribution in [3.63, 3.8) is 0 Å². The van der Waals surface area contributed by atoms with Gasteiger partial charge in [0.15, 0.2) is 0 Å². The number of hydrogen-bond acceptors (Lipinski definition) is 2. The van der Waals surface area contributed by atoms with Crippen LogP contribution in [0.25, 0.3) is 0 Å². The molecular formula is C14H20FNO2S. The van der Waals surface area contributed by atoms with Crippen molar-refractivity contribution in [2.75, 3.05) is 18.8 Å². The van der Waals surface area contributed by atoms with Gasteiger partial charge in [-0.3, -0.25) is 0 Å². The molecule has 1 aliphatic heterocycles. The second-order valence-electron chi connectivity index (χ2n) is 5.20. The highest BCUT2D eigenvalue weighted by atomic mass is 32.2. The van der Waals surface area contributed by atoms with Gasteiger partial charge in [-0.15, -0.1) is 0 Å². The Balaban J connectivity index is 2.00. The number of benzene rings is 1. The molecule has 0 amide bonds. The normalized spacial score (nSPS) is 20.9. The molecule has 0 N–H and O–H groups in total. The standard InChI is InChI=1S/C14H20FNO2S/c1-3-19(17,18)16-7-6-13(10-16)8-12-5-4-11(2)14(15)9-12/h4-5,9,13H,3,6-8,10H2,1-2H3. The molecule has 1 aromatic carbocycles. The second-order valence-corrected chi connectivity index (χ2v) is 7.46. The molecule has 0 radical (unpaired) electrons. The highest BCUT2D eigenvalue weighted by Gasteiger charge is 2.30. The third kappa shape index (κ3) is 3.34. The van der Waals surface area contributed by atoms with Gasteiger partial charge in [0.25, 0.3) is 0 Å². The van der Waals surface area contributed by atoms with Crippen molar-refractivity contribution in [2.45, 2.75) is 26.7 Å². The van der Waals surface area contributed by atoms with Crippen LogP contribution in [0, 0.1) is 18.7 Å². The Morgan fingerprint density at radius 3 is 2.79 bits per heavy atom. The predicted octanol–water partition coefficient (Wildman–Crippen LogP) is 2.35. The summed E-state index contributed by atoms with van der Waals surface area (Å²) in [5, 5.41) is 0. The highest BCUT2D eigenvalue weighted by Crippen LogP contribution is 2.24. The topological polar surface area (TPSA) is 37.4 Å². The molecule has 3 nitrogen and oxygen atoms in total. The van der Waals surface area contributed by atoms with Gasteiger partial charge in [-0.25, -0.2) is 17.1 Å². The number of aryl methyl sites for hydroxylation is 1. The molecule has 0 aliphatic carbocycles. The smallest absolute Gasteiger partial charge is 0.212 e. The molecule has 0 bridgehead atoms. The Morgan fingerprint density at radius 1 is 1.42 bits per heavy atom. The molecule has 0 spiro atoms. The third-order valence-corrected chi connectivity index (χ3v) is 5.62. The summed E-state index contributed by atoms with van der Waals surface area (Å²) in [6.45, 7) is 4.56. The van der Waals surface area contributed by atoms with E-state index in [4.69, 9.17) is 0 Å². The van der Waals surface area contributed by atoms with Crippen LogP contribution < -0.4 is 0 Å². The molecule has 1 aromatic rings. The van der Waals surface area contributed by atoms with Gasteiger partial charge in [-0.1, -0.05) is 12.1 Å². The molecule has 5 heteroatoms. The molecule has 19 heavy (non-hydrogen) atoms. The summed E-state index contributed by atoms with van der Waals surface area (Å²) >= 11 is 0. The molecular weight excluding hydrogens is 265 g/mol. The van der Waals surface area contributed by atoms with E-state index >= 15 is 0 Å². The molecule has 1 saturated heterocycles. The van der Waals surface area contributed by atoms with Crippen LogP contribution in [0.3, 0.4) is 0 Å². The fourth-order valence-corrected chi connectivity index (χ4v) is 3.68. The number of halogens is 1. The van der Waals surface area contributed by atoms with E-state index in [-0.39, 0.29) is 11.6 Å². The molecule has 1 atom stereocenters. The van der Waals surface area contributed by atoms with E-state index in [1.165, 1.54) is 0 Å². The van der Waals surface area contributed by atoms with Crippen LogP contribution >= 0.6 is 0 Å². The maximum Gasteiger partial charge on any atom is 0.213 e. The van der Waals surface area contributed by atoms with Gasteiger partial charge in [0, 0.05) is 13.1 Å². The Kier molecular flexibility index (Phi) is 4.26. The average Bonchev–Trinajstić information content (AvgIpc) is 2.83. The highest BCUT2D eigenvalue weighted by molar-refractivity contribution is 7.89. The number of rotatable bonds is 4. The quantitative estimate of drug-likeness (QED) is 0.851. The summed E-state index contributed by atoms with van der Waals surface area (Å²) < 4.78 is 38.6. The second kappa shape index (κ2) is 5.59. The Hall–Kier alpha value is -0.940. The van der Waals surface area contributed by atoms with Gasteiger partial charge in [-0.2, -0.15) is 0 Å². The summed E-state index contributed by atoms with van der Waals surface area (Å²) in [7, 11) is -3.08. The minimum Gasteiger partial charge on any atom is -0.212 e. The van der Waals surface area contributed by atoms with Crippen molar-refractivity contribution in [3.8, 4) is 0 Å². The summed E-state index contributed by atoms with van der Waals surface area (Å²) in [6.07, 6.45) is 1.60. The lowest BCUT2D eigenvalue weighted by molar-refractivity contribution is 0.456. The van der Waals surface area contributed by atoms with Crippen molar-refractivity contribution < 1.29 is 12.8 Å². The van der Waals surface area contributed by atoms with E-state index < -0.39 is 10.0 Å². The molecule has 1 fully saturated rings. The first-order valence-corrected chi connectivity index (χ1v) is 8.26. The van der Waals surface area contributed by atoms with Gasteiger partial charge in [0.05, 0.1) is 5.75 Å². The lowest BCUT2D eigenvalue weighted by Crippen LogP contribution is -2.30. The molecule has 1 unspecified atom stereocenters. The van der Waals surface area contributed by atoms with Crippen molar-refractivity contribution in [1.82, 2.24) is 4.31 Å². The maximum atomic E-state index is 13.5. The van der Waals surface area contributed by atoms with E-state index in [2.05, 4.69) is 0 Å². The zero-order chi connectivity index (χ0) is 14.0. The van der Waals surface area contributed by atoms with E-state index in [9.17, 15) is 12.8 Å². The van der Waals surface area contributed by atoms with Crippen LogP contribution in [-0.2, 0) is 16.4 Å². The average molecular weight is 285 g/mol. The molecule has 1 aliphatic rings. The minimum atomic E-state index is -3.08. The third-order valence-electron chi connectivity index (χ3n) is 3.77. The van der Waals surface area contributed by atoms with E-state index in [0.717, 1.165) is 18.4 Å². The van der Waals surface area contributed by atoms with Crippen molar-refractivity contribution >= 4 is 10.0 Å². The summed E-state index contributed by atoms with van der Waals surface area (Å²) in [4.78, 5) is 0. The first-order chi connectivity index (χ1) is 8.92. The van der Waals surface area contributed by atoms with Gasteiger partial charge in [0.1, 0.15) is 5.82 Å². The Morgan fingerprint density at radius 2 is 2.16 bits per heavy atom. The first kappa shape index (κ1) is 14.5. The fourth-order valence-electron chi connectivity index (χ4n) is 2.50. The zero-order valence-electron chi connectivity index (χ0n) is 11.4. The minimum absolute atomic E-state index is 0.152. The molecule has 0 saturated carbocycles. The van der Waals surface area contributed by atoms with Crippen molar-refractivity contribution in [3.05, 3.63) is 35.1 Å². The van der Waals surface area contributed by atoms with Gasteiger partial charge in [0.2, 0.25) is 10.0 Å². The van der Waals surface area contributed by atoms with E-state index in [0.29, 0.717) is 24.6 Å². The number of hydrogen-bond donors (Lipinski definition) is 0. The van der Waals surface area contributed by atoms with Crippen LogP contribution in [-0.4, -0.2) is 31.6 Å². The molecule has 106 valence electrons. The molecule has 0 aromatic heterocycles. The summed E-state index contributed by atoms with van der Waals surface area (Å²) in [5.74, 6) is 0.260. The largest absolute Gasteiger partial charge is 0.213 e. The SMILES string of the molecule is CCS(=O)(=O)N1CCC(Cc2ccc(C)c(F)c2)C1. The first-order valence-electron chi connectivity index (χ1n) is 6.65. The molecule has 1 heterocycles. The lowest BCUT2D eigenvalue weighted by Gasteiger charge is -2.15. The number of nitrogens with zero attached hydrogens (tertiary/aromatic N) is 1. The van der Waals surface area contributed by atoms with E-state index in [1.807, 2.05) is 6.07 Å². The van der Waals surface area contributed by atoms with E-state index in [1.54, 1.807) is 30.3 Å². The van der Waals surface area contributed by atoms with Gasteiger partial charge < -0.3 is 0 Å². The molecule has 2 rings (SSSR count). The number of sulfonamides is 1. The Bertz CT molecular complexity index is 557. The van der Waals surface area contributed by atoms with Gasteiger partial charge >= 0.3 is 0 Å². The van der Waals surface area contributed by atoms with Gasteiger partial charge in [-0.05, 0) is 49.8 Å². The zero-order valence-corrected chi connectivity index (χ0v) is 12.2. The van der Waals surface area contributed by atoms with Crippen LogP contribution in [0.2, 0.25) is 0 Å².